The van der Waals surface area contributed by atoms with Crippen LogP contribution in [0.4, 0.5) is 0 Å². The minimum atomic E-state index is -0.155. The first-order chi connectivity index (χ1) is 18.6. The summed E-state index contributed by atoms with van der Waals surface area (Å²) < 4.78 is 12.4. The quantitative estimate of drug-likeness (QED) is 0.318. The second kappa shape index (κ2) is 13.1. The van der Waals surface area contributed by atoms with Crippen LogP contribution in [0, 0.1) is 33.1 Å². The summed E-state index contributed by atoms with van der Waals surface area (Å²) in [7, 11) is 0. The van der Waals surface area contributed by atoms with Gasteiger partial charge in [0.15, 0.2) is 0 Å². The molecule has 0 aromatic heterocycles. The molecule has 4 nitrogen and oxygen atoms in total. The molecule has 2 aliphatic carbocycles. The van der Waals surface area contributed by atoms with Crippen molar-refractivity contribution in [1.82, 2.24) is 0 Å². The summed E-state index contributed by atoms with van der Waals surface area (Å²) in [6, 6.07) is 4.40. The molecule has 0 aliphatic heterocycles. The molecule has 4 rings (SSSR count). The molecule has 2 aromatic carbocycles. The van der Waals surface area contributed by atoms with Gasteiger partial charge in [-0.3, -0.25) is 0 Å². The van der Waals surface area contributed by atoms with Gasteiger partial charge in [0.25, 0.3) is 0 Å². The molecule has 4 heteroatoms. The molecule has 0 spiro atoms. The topological polar surface area (TPSA) is 58.9 Å². The summed E-state index contributed by atoms with van der Waals surface area (Å²) >= 11 is 0. The zero-order valence-corrected chi connectivity index (χ0v) is 25.4. The molecule has 2 saturated carbocycles. The van der Waals surface area contributed by atoms with Crippen LogP contribution in [0.25, 0.3) is 0 Å². The van der Waals surface area contributed by atoms with E-state index < -0.39 is 0 Å². The number of phenolic OH excluding ortho intramolecular Hbond substituents is 2. The average molecular weight is 537 g/mol. The largest absolute Gasteiger partial charge is 0.507 e. The lowest BCUT2D eigenvalue weighted by atomic mass is 9.81. The van der Waals surface area contributed by atoms with Crippen molar-refractivity contribution < 1.29 is 19.7 Å². The van der Waals surface area contributed by atoms with Crippen LogP contribution in [0.15, 0.2) is 12.1 Å². The third kappa shape index (κ3) is 7.19. The lowest BCUT2D eigenvalue weighted by Gasteiger charge is -2.27. The number of hydrogen-bond donors (Lipinski definition) is 2. The summed E-state index contributed by atoms with van der Waals surface area (Å²) in [6.07, 6.45) is 12.4. The maximum Gasteiger partial charge on any atom is 0.122 e. The predicted molar refractivity (Wildman–Crippen MR) is 160 cm³/mol. The summed E-state index contributed by atoms with van der Waals surface area (Å²) in [5.74, 6) is 1.91. The molecule has 216 valence electrons. The number of rotatable bonds is 10. The van der Waals surface area contributed by atoms with Gasteiger partial charge >= 0.3 is 0 Å². The second-order valence-electron chi connectivity index (χ2n) is 13.3. The zero-order chi connectivity index (χ0) is 28.2. The van der Waals surface area contributed by atoms with Crippen molar-refractivity contribution >= 4 is 0 Å². The van der Waals surface area contributed by atoms with Crippen LogP contribution >= 0.6 is 0 Å². The lowest BCUT2D eigenvalue weighted by molar-refractivity contribution is -0.0147. The molecule has 0 heterocycles. The van der Waals surface area contributed by atoms with Gasteiger partial charge in [-0.2, -0.15) is 0 Å². The van der Waals surface area contributed by atoms with E-state index >= 15 is 0 Å². The van der Waals surface area contributed by atoms with Gasteiger partial charge in [-0.05, 0) is 110 Å². The number of hydrogen-bond acceptors (Lipinski definition) is 4. The van der Waals surface area contributed by atoms with Crippen LogP contribution in [-0.2, 0) is 22.7 Å². The Hall–Kier alpha value is -2.04. The van der Waals surface area contributed by atoms with Crippen molar-refractivity contribution in [2.75, 3.05) is 13.2 Å². The van der Waals surface area contributed by atoms with E-state index in [1.54, 1.807) is 0 Å². The highest BCUT2D eigenvalue weighted by atomic mass is 16.5. The standard InChI is InChI=1S/C35H52O4/c1-23-17-29(27-13-9-7-10-14-27)33(36)25(3)31(23)19-38-21-35(5,6)22-39-20-32-24(2)18-30(34(37)26(32)4)28-15-11-8-12-16-28/h17-18,27-28,36-37H,7-16,19-22H2,1-6H3. The third-order valence-corrected chi connectivity index (χ3v) is 9.43. The summed E-state index contributed by atoms with van der Waals surface area (Å²) in [5, 5.41) is 22.0. The Morgan fingerprint density at radius 3 is 1.36 bits per heavy atom. The molecule has 0 unspecified atom stereocenters. The highest BCUT2D eigenvalue weighted by Crippen LogP contribution is 2.42. The van der Waals surface area contributed by atoms with Gasteiger partial charge in [-0.15, -0.1) is 0 Å². The zero-order valence-electron chi connectivity index (χ0n) is 25.4. The monoisotopic (exact) mass is 536 g/mol. The van der Waals surface area contributed by atoms with E-state index in [4.69, 9.17) is 9.47 Å². The Balaban J connectivity index is 1.31. The molecule has 39 heavy (non-hydrogen) atoms. The van der Waals surface area contributed by atoms with Gasteiger partial charge in [0, 0.05) is 5.41 Å². The highest BCUT2D eigenvalue weighted by molar-refractivity contribution is 5.51. The Labute approximate surface area is 237 Å². The number of ether oxygens (including phenoxy) is 2. The SMILES string of the molecule is Cc1cc(C2CCCCC2)c(O)c(C)c1COCC(C)(C)COCc1c(C)cc(C2CCCCC2)c(O)c1C. The van der Waals surface area contributed by atoms with Crippen LogP contribution < -0.4 is 0 Å². The Morgan fingerprint density at radius 1 is 0.641 bits per heavy atom. The average Bonchev–Trinajstić information content (AvgIpc) is 2.93. The summed E-state index contributed by atoms with van der Waals surface area (Å²) in [4.78, 5) is 0. The molecule has 0 bridgehead atoms. The number of phenols is 2. The third-order valence-electron chi connectivity index (χ3n) is 9.43. The van der Waals surface area contributed by atoms with Crippen molar-refractivity contribution in [2.24, 2.45) is 5.41 Å². The molecular weight excluding hydrogens is 484 g/mol. The number of aryl methyl sites for hydroxylation is 2. The minimum absolute atomic E-state index is 0.155. The van der Waals surface area contributed by atoms with Crippen molar-refractivity contribution in [3.8, 4) is 11.5 Å². The van der Waals surface area contributed by atoms with Crippen molar-refractivity contribution in [1.29, 1.82) is 0 Å². The first kappa shape index (κ1) is 29.9. The van der Waals surface area contributed by atoms with Gasteiger partial charge in [0.05, 0.1) is 26.4 Å². The molecular formula is C35H52O4. The van der Waals surface area contributed by atoms with Crippen molar-refractivity contribution in [2.45, 2.75) is 131 Å². The molecule has 2 aromatic rings. The van der Waals surface area contributed by atoms with Crippen LogP contribution in [0.2, 0.25) is 0 Å². The van der Waals surface area contributed by atoms with Crippen molar-refractivity contribution in [3.05, 3.63) is 56.6 Å². The van der Waals surface area contributed by atoms with E-state index in [1.165, 1.54) is 75.3 Å². The van der Waals surface area contributed by atoms with Gasteiger partial charge < -0.3 is 19.7 Å². The Bertz CT molecular complexity index is 1030. The van der Waals surface area contributed by atoms with Gasteiger partial charge in [-0.25, -0.2) is 0 Å². The first-order valence-corrected chi connectivity index (χ1v) is 15.4. The predicted octanol–water partition coefficient (Wildman–Crippen LogP) is 9.19. The molecule has 0 radical (unpaired) electrons. The Kier molecular flexibility index (Phi) is 10.0. The normalized spacial score (nSPS) is 17.6. The fraction of sp³-hybridized carbons (Fsp3) is 0.657. The fourth-order valence-electron chi connectivity index (χ4n) is 6.88. The second-order valence-corrected chi connectivity index (χ2v) is 13.3. The van der Waals surface area contributed by atoms with E-state index in [9.17, 15) is 10.2 Å². The molecule has 2 aliphatic rings. The van der Waals surface area contributed by atoms with Crippen LogP contribution in [0.1, 0.15) is 134 Å². The molecule has 0 saturated heterocycles. The number of benzene rings is 2. The maximum atomic E-state index is 11.0. The smallest absolute Gasteiger partial charge is 0.122 e. The van der Waals surface area contributed by atoms with Gasteiger partial charge in [0.1, 0.15) is 11.5 Å². The molecule has 2 fully saturated rings. The van der Waals surface area contributed by atoms with E-state index in [2.05, 4.69) is 39.8 Å². The van der Waals surface area contributed by atoms with Crippen LogP contribution in [0.3, 0.4) is 0 Å². The minimum Gasteiger partial charge on any atom is -0.507 e. The molecule has 0 amide bonds. The Morgan fingerprint density at radius 2 is 1.00 bits per heavy atom. The molecule has 0 atom stereocenters. The van der Waals surface area contributed by atoms with Crippen molar-refractivity contribution in [3.63, 3.8) is 0 Å². The van der Waals surface area contributed by atoms with Gasteiger partial charge in [-0.1, -0.05) is 64.5 Å². The summed E-state index contributed by atoms with van der Waals surface area (Å²) in [5.41, 5.74) is 8.66. The van der Waals surface area contributed by atoms with E-state index in [0.29, 0.717) is 49.8 Å². The first-order valence-electron chi connectivity index (χ1n) is 15.4. The van der Waals surface area contributed by atoms with Gasteiger partial charge in [0.2, 0.25) is 0 Å². The van der Waals surface area contributed by atoms with Crippen LogP contribution in [-0.4, -0.2) is 23.4 Å². The fourth-order valence-corrected chi connectivity index (χ4v) is 6.88. The lowest BCUT2D eigenvalue weighted by Crippen LogP contribution is -2.26. The maximum absolute atomic E-state index is 11.0. The van der Waals surface area contributed by atoms with Crippen LogP contribution in [0.5, 0.6) is 11.5 Å². The van der Waals surface area contributed by atoms with E-state index in [0.717, 1.165) is 33.4 Å². The highest BCUT2D eigenvalue weighted by Gasteiger charge is 2.25. The van der Waals surface area contributed by atoms with E-state index in [-0.39, 0.29) is 5.41 Å². The van der Waals surface area contributed by atoms with E-state index in [1.807, 2.05) is 13.8 Å². The molecule has 2 N–H and O–H groups in total. The summed E-state index contributed by atoms with van der Waals surface area (Å²) in [6.45, 7) is 14.8. The number of aromatic hydroxyl groups is 2.